The van der Waals surface area contributed by atoms with E-state index in [2.05, 4.69) is 22.0 Å². The molecule has 0 unspecified atom stereocenters. The minimum atomic E-state index is 0.891. The van der Waals surface area contributed by atoms with Crippen LogP contribution in [0.15, 0.2) is 12.2 Å². The first-order valence-electron chi connectivity index (χ1n) is 10.0. The second kappa shape index (κ2) is 7.05. The summed E-state index contributed by atoms with van der Waals surface area (Å²) in [6.07, 6.45) is 19.3. The van der Waals surface area contributed by atoms with Gasteiger partial charge in [0.2, 0.25) is 0 Å². The molecule has 4 aliphatic rings. The minimum Gasteiger partial charge on any atom is -0.298 e. The molecule has 0 aromatic rings. The van der Waals surface area contributed by atoms with Gasteiger partial charge in [-0.15, -0.1) is 0 Å². The molecule has 0 spiro atoms. The summed E-state index contributed by atoms with van der Waals surface area (Å²) < 4.78 is 0. The number of rotatable bonds is 3. The largest absolute Gasteiger partial charge is 0.298 e. The zero-order chi connectivity index (χ0) is 14.8. The third-order valence-electron chi connectivity index (χ3n) is 6.91. The molecule has 2 heterocycles. The third kappa shape index (κ3) is 3.14. The van der Waals surface area contributed by atoms with Crippen molar-refractivity contribution in [2.24, 2.45) is 11.8 Å². The molecule has 0 amide bonds. The maximum Gasteiger partial charge on any atom is 0.0280 e. The molecule has 2 nitrogen and oxygen atoms in total. The molecule has 3 fully saturated rings. The maximum atomic E-state index is 2.96. The molecule has 2 aliphatic heterocycles. The summed E-state index contributed by atoms with van der Waals surface area (Å²) in [7, 11) is 0. The molecule has 0 bridgehead atoms. The van der Waals surface area contributed by atoms with E-state index in [9.17, 15) is 0 Å². The summed E-state index contributed by atoms with van der Waals surface area (Å²) in [5.74, 6) is 1.93. The van der Waals surface area contributed by atoms with Crippen LogP contribution >= 0.6 is 0 Å². The van der Waals surface area contributed by atoms with Gasteiger partial charge in [0, 0.05) is 31.7 Å². The molecule has 124 valence electrons. The fourth-order valence-corrected chi connectivity index (χ4v) is 5.82. The van der Waals surface area contributed by atoms with E-state index in [1.165, 1.54) is 90.4 Å². The molecule has 0 aromatic carbocycles. The van der Waals surface area contributed by atoms with E-state index >= 15 is 0 Å². The van der Waals surface area contributed by atoms with E-state index in [-0.39, 0.29) is 0 Å². The van der Waals surface area contributed by atoms with Crippen LogP contribution in [0.2, 0.25) is 0 Å². The van der Waals surface area contributed by atoms with Gasteiger partial charge in [-0.2, -0.15) is 0 Å². The predicted octanol–water partition coefficient (Wildman–Crippen LogP) is 4.07. The van der Waals surface area contributed by atoms with Crippen molar-refractivity contribution < 1.29 is 0 Å². The van der Waals surface area contributed by atoms with Crippen LogP contribution in [0.4, 0.5) is 0 Å². The van der Waals surface area contributed by atoms with E-state index < -0.39 is 0 Å². The van der Waals surface area contributed by atoms with Crippen LogP contribution in [0, 0.1) is 11.8 Å². The van der Waals surface area contributed by atoms with Gasteiger partial charge in [-0.25, -0.2) is 0 Å². The number of hydrogen-bond acceptors (Lipinski definition) is 2. The summed E-state index contributed by atoms with van der Waals surface area (Å²) in [5.41, 5.74) is 0. The lowest BCUT2D eigenvalue weighted by atomic mass is 9.78. The third-order valence-corrected chi connectivity index (χ3v) is 6.91. The Morgan fingerprint density at radius 3 is 2.55 bits per heavy atom. The van der Waals surface area contributed by atoms with Crippen LogP contribution in [0.25, 0.3) is 0 Å². The highest BCUT2D eigenvalue weighted by atomic mass is 15.3. The lowest BCUT2D eigenvalue weighted by Crippen LogP contribution is -2.60. The van der Waals surface area contributed by atoms with Crippen LogP contribution < -0.4 is 0 Å². The van der Waals surface area contributed by atoms with Crippen molar-refractivity contribution in [3.05, 3.63) is 12.2 Å². The average molecular weight is 303 g/mol. The van der Waals surface area contributed by atoms with Gasteiger partial charge < -0.3 is 0 Å². The predicted molar refractivity (Wildman–Crippen MR) is 93.0 cm³/mol. The Bertz CT molecular complexity index is 385. The van der Waals surface area contributed by atoms with Gasteiger partial charge >= 0.3 is 0 Å². The molecule has 2 aliphatic carbocycles. The van der Waals surface area contributed by atoms with Crippen molar-refractivity contribution in [1.29, 1.82) is 0 Å². The molecule has 0 aromatic heterocycles. The van der Waals surface area contributed by atoms with E-state index in [1.54, 1.807) is 0 Å². The lowest BCUT2D eigenvalue weighted by Gasteiger charge is -2.50. The topological polar surface area (TPSA) is 6.48 Å². The first kappa shape index (κ1) is 15.2. The molecular formula is C20H34N2. The molecule has 2 heteroatoms. The highest BCUT2D eigenvalue weighted by molar-refractivity contribution is 5.00. The Balaban J connectivity index is 1.48. The molecule has 22 heavy (non-hydrogen) atoms. The van der Waals surface area contributed by atoms with E-state index in [0.717, 1.165) is 23.9 Å². The molecular weight excluding hydrogens is 268 g/mol. The monoisotopic (exact) mass is 302 g/mol. The van der Waals surface area contributed by atoms with Crippen molar-refractivity contribution in [2.45, 2.75) is 76.3 Å². The smallest absolute Gasteiger partial charge is 0.0280 e. The Morgan fingerprint density at radius 2 is 1.73 bits per heavy atom. The van der Waals surface area contributed by atoms with Crippen LogP contribution in [0.5, 0.6) is 0 Å². The molecule has 4 rings (SSSR count). The summed E-state index contributed by atoms with van der Waals surface area (Å²) in [5, 5.41) is 0. The van der Waals surface area contributed by atoms with Crippen molar-refractivity contribution >= 4 is 0 Å². The number of piperazine rings is 1. The number of hydrogen-bond donors (Lipinski definition) is 0. The highest BCUT2D eigenvalue weighted by Crippen LogP contribution is 2.38. The van der Waals surface area contributed by atoms with Gasteiger partial charge in [-0.3, -0.25) is 9.80 Å². The fourth-order valence-electron chi connectivity index (χ4n) is 5.82. The number of fused-ring (bicyclic) bond motifs is 1. The van der Waals surface area contributed by atoms with Gasteiger partial charge in [-0.05, 0) is 63.3 Å². The zero-order valence-corrected chi connectivity index (χ0v) is 14.3. The standard InChI is InChI=1S/C20H34N2/c1-3-8-17(9-4-1)16-22-15-14-21-13-7-12-19(21)20(22)18-10-5-2-6-11-18/h1,3,17-20H,2,4-16H2/t17-,19-,20+/m0/s1. The first-order valence-corrected chi connectivity index (χ1v) is 10.0. The molecule has 1 saturated carbocycles. The van der Waals surface area contributed by atoms with Gasteiger partial charge in [0.05, 0.1) is 0 Å². The van der Waals surface area contributed by atoms with Gasteiger partial charge in [-0.1, -0.05) is 31.4 Å². The maximum absolute atomic E-state index is 2.96. The zero-order valence-electron chi connectivity index (χ0n) is 14.3. The van der Waals surface area contributed by atoms with Crippen LogP contribution in [-0.4, -0.2) is 48.1 Å². The van der Waals surface area contributed by atoms with Gasteiger partial charge in [0.15, 0.2) is 0 Å². The van der Waals surface area contributed by atoms with E-state index in [4.69, 9.17) is 0 Å². The van der Waals surface area contributed by atoms with Crippen LogP contribution in [0.3, 0.4) is 0 Å². The molecule has 3 atom stereocenters. The van der Waals surface area contributed by atoms with E-state index in [1.807, 2.05) is 0 Å². The molecule has 0 radical (unpaired) electrons. The van der Waals surface area contributed by atoms with Crippen molar-refractivity contribution in [1.82, 2.24) is 9.80 Å². The summed E-state index contributed by atoms with van der Waals surface area (Å²) in [6.45, 7) is 5.46. The lowest BCUT2D eigenvalue weighted by molar-refractivity contribution is -0.00784. The average Bonchev–Trinajstić information content (AvgIpc) is 3.05. The highest BCUT2D eigenvalue weighted by Gasteiger charge is 2.43. The second-order valence-electron chi connectivity index (χ2n) is 8.28. The van der Waals surface area contributed by atoms with Crippen molar-refractivity contribution in [3.63, 3.8) is 0 Å². The second-order valence-corrected chi connectivity index (χ2v) is 8.28. The van der Waals surface area contributed by atoms with Crippen molar-refractivity contribution in [2.75, 3.05) is 26.2 Å². The van der Waals surface area contributed by atoms with Crippen molar-refractivity contribution in [3.8, 4) is 0 Å². The van der Waals surface area contributed by atoms with Gasteiger partial charge in [0.25, 0.3) is 0 Å². The summed E-state index contributed by atoms with van der Waals surface area (Å²) in [6, 6.07) is 1.79. The number of allylic oxidation sites excluding steroid dienone is 2. The Hall–Kier alpha value is -0.340. The molecule has 0 N–H and O–H groups in total. The summed E-state index contributed by atoms with van der Waals surface area (Å²) >= 11 is 0. The molecule has 2 saturated heterocycles. The summed E-state index contributed by atoms with van der Waals surface area (Å²) in [4.78, 5) is 5.81. The van der Waals surface area contributed by atoms with E-state index in [0.29, 0.717) is 0 Å². The minimum absolute atomic E-state index is 0.891. The fraction of sp³-hybridized carbons (Fsp3) is 0.900. The van der Waals surface area contributed by atoms with Gasteiger partial charge in [0.1, 0.15) is 0 Å². The Kier molecular flexibility index (Phi) is 4.87. The number of nitrogens with zero attached hydrogens (tertiary/aromatic N) is 2. The first-order chi connectivity index (χ1) is 10.9. The quantitative estimate of drug-likeness (QED) is 0.725. The normalized spacial score (nSPS) is 38.3. The van der Waals surface area contributed by atoms with Crippen LogP contribution in [-0.2, 0) is 0 Å². The Labute approximate surface area is 136 Å². The Morgan fingerprint density at radius 1 is 0.818 bits per heavy atom. The SMILES string of the molecule is C1=CC[C@H](CN2CCN3CCC[C@H]3[C@H]2C2CCCCC2)CC1. The van der Waals surface area contributed by atoms with Crippen LogP contribution in [0.1, 0.15) is 64.2 Å².